The van der Waals surface area contributed by atoms with Crippen molar-refractivity contribution in [2.24, 2.45) is 0 Å². The Morgan fingerprint density at radius 3 is 2.74 bits per heavy atom. The second kappa shape index (κ2) is 7.52. The van der Waals surface area contributed by atoms with Gasteiger partial charge in [-0.05, 0) is 18.9 Å². The molecule has 0 radical (unpaired) electrons. The van der Waals surface area contributed by atoms with E-state index >= 15 is 0 Å². The van der Waals surface area contributed by atoms with Crippen LogP contribution in [0.1, 0.15) is 33.6 Å². The van der Waals surface area contributed by atoms with Gasteiger partial charge in [0.1, 0.15) is 0 Å². The summed E-state index contributed by atoms with van der Waals surface area (Å²) in [6.45, 7) is 3.45. The molecule has 3 rings (SSSR count). The molecule has 2 fully saturated rings. The molecule has 2 saturated heterocycles. The number of pyridine rings is 1. The predicted octanol–water partition coefficient (Wildman–Crippen LogP) is 0.463. The van der Waals surface area contributed by atoms with Gasteiger partial charge in [0.25, 0.3) is 11.8 Å². The van der Waals surface area contributed by atoms with E-state index in [1.54, 1.807) is 11.0 Å². The van der Waals surface area contributed by atoms with Crippen LogP contribution in [-0.4, -0.2) is 67.3 Å². The van der Waals surface area contributed by atoms with E-state index in [0.717, 1.165) is 19.4 Å². The Hall–Kier alpha value is -1.99. The van der Waals surface area contributed by atoms with Crippen molar-refractivity contribution in [1.82, 2.24) is 15.2 Å². The maximum Gasteiger partial charge on any atom is 0.255 e. The van der Waals surface area contributed by atoms with Crippen LogP contribution in [0.3, 0.4) is 0 Å². The predicted molar refractivity (Wildman–Crippen MR) is 82.3 cm³/mol. The van der Waals surface area contributed by atoms with E-state index in [0.29, 0.717) is 44.0 Å². The minimum absolute atomic E-state index is 0.0880. The number of amides is 2. The van der Waals surface area contributed by atoms with E-state index in [1.165, 1.54) is 12.4 Å². The third-order valence-corrected chi connectivity index (χ3v) is 4.06. The lowest BCUT2D eigenvalue weighted by molar-refractivity contribution is 0.0302. The summed E-state index contributed by atoms with van der Waals surface area (Å²) in [5.74, 6) is -0.348. The van der Waals surface area contributed by atoms with Gasteiger partial charge in [0.15, 0.2) is 0 Å². The average Bonchev–Trinajstić information content (AvgIpc) is 3.13. The fourth-order valence-corrected chi connectivity index (χ4v) is 2.74. The second-order valence-corrected chi connectivity index (χ2v) is 5.71. The molecule has 124 valence electrons. The zero-order valence-electron chi connectivity index (χ0n) is 13.0. The number of nitrogens with one attached hydrogen (secondary N) is 1. The topological polar surface area (TPSA) is 80.8 Å². The van der Waals surface area contributed by atoms with Gasteiger partial charge in [-0.1, -0.05) is 0 Å². The summed E-state index contributed by atoms with van der Waals surface area (Å²) in [5, 5.41) is 2.84. The largest absolute Gasteiger partial charge is 0.378 e. The summed E-state index contributed by atoms with van der Waals surface area (Å²) >= 11 is 0. The number of rotatable bonds is 4. The van der Waals surface area contributed by atoms with Crippen LogP contribution < -0.4 is 5.32 Å². The number of hydrogen-bond acceptors (Lipinski definition) is 5. The summed E-state index contributed by atoms with van der Waals surface area (Å²) in [4.78, 5) is 30.4. The third kappa shape index (κ3) is 4.05. The molecule has 23 heavy (non-hydrogen) atoms. The number of carbonyl (C=O) groups excluding carboxylic acids is 2. The molecule has 2 aliphatic rings. The van der Waals surface area contributed by atoms with Crippen molar-refractivity contribution in [1.29, 1.82) is 0 Å². The Balaban J connectivity index is 1.61. The van der Waals surface area contributed by atoms with Gasteiger partial charge in [-0.3, -0.25) is 14.6 Å². The number of nitrogens with zero attached hydrogens (tertiary/aromatic N) is 2. The van der Waals surface area contributed by atoms with Gasteiger partial charge in [0, 0.05) is 38.6 Å². The third-order valence-electron chi connectivity index (χ3n) is 4.06. The quantitative estimate of drug-likeness (QED) is 0.872. The van der Waals surface area contributed by atoms with Crippen LogP contribution in [0, 0.1) is 0 Å². The van der Waals surface area contributed by atoms with E-state index in [9.17, 15) is 9.59 Å². The molecule has 1 unspecified atom stereocenters. The van der Waals surface area contributed by atoms with Gasteiger partial charge in [0.2, 0.25) is 0 Å². The first kappa shape index (κ1) is 15.9. The minimum atomic E-state index is -0.232. The van der Waals surface area contributed by atoms with Gasteiger partial charge >= 0.3 is 0 Å². The number of carbonyl (C=O) groups is 2. The molecule has 0 bridgehead atoms. The number of aromatic nitrogens is 1. The molecule has 1 aromatic heterocycles. The first-order valence-electron chi connectivity index (χ1n) is 7.96. The number of ether oxygens (including phenoxy) is 2. The maximum absolute atomic E-state index is 12.4. The van der Waals surface area contributed by atoms with E-state index in [-0.39, 0.29) is 17.9 Å². The lowest BCUT2D eigenvalue weighted by Gasteiger charge is -2.26. The molecule has 0 aromatic carbocycles. The monoisotopic (exact) mass is 319 g/mol. The standard InChI is InChI=1S/C16H21N3O4/c20-15(18-11-14-2-1-5-23-14)12-8-13(10-17-9-12)16(21)19-3-6-22-7-4-19/h8-10,14H,1-7,11H2,(H,18,20). The molecule has 1 aromatic rings. The SMILES string of the molecule is O=C(NCC1CCCO1)c1cncc(C(=O)N2CCOCC2)c1. The Morgan fingerprint density at radius 2 is 2.00 bits per heavy atom. The highest BCUT2D eigenvalue weighted by Crippen LogP contribution is 2.12. The van der Waals surface area contributed by atoms with Crippen LogP contribution in [-0.2, 0) is 9.47 Å². The molecule has 0 spiro atoms. The minimum Gasteiger partial charge on any atom is -0.378 e. The van der Waals surface area contributed by atoms with Gasteiger partial charge < -0.3 is 19.7 Å². The second-order valence-electron chi connectivity index (χ2n) is 5.71. The molecular weight excluding hydrogens is 298 g/mol. The van der Waals surface area contributed by atoms with Crippen LogP contribution in [0.5, 0.6) is 0 Å². The van der Waals surface area contributed by atoms with Crippen molar-refractivity contribution in [3.8, 4) is 0 Å². The highest BCUT2D eigenvalue weighted by molar-refractivity contribution is 5.99. The van der Waals surface area contributed by atoms with Gasteiger partial charge in [-0.25, -0.2) is 0 Å². The summed E-state index contributed by atoms with van der Waals surface area (Å²) < 4.78 is 10.7. The van der Waals surface area contributed by atoms with E-state index in [1.807, 2.05) is 0 Å². The van der Waals surface area contributed by atoms with Crippen LogP contribution in [0.15, 0.2) is 18.5 Å². The molecule has 3 heterocycles. The van der Waals surface area contributed by atoms with Crippen molar-refractivity contribution in [2.75, 3.05) is 39.5 Å². The first-order valence-corrected chi connectivity index (χ1v) is 7.96. The molecular formula is C16H21N3O4. The molecule has 1 atom stereocenters. The molecule has 0 saturated carbocycles. The Bertz CT molecular complexity index is 566. The van der Waals surface area contributed by atoms with E-state index in [2.05, 4.69) is 10.3 Å². The van der Waals surface area contributed by atoms with Crippen LogP contribution >= 0.6 is 0 Å². The van der Waals surface area contributed by atoms with Crippen molar-refractivity contribution in [3.63, 3.8) is 0 Å². The highest BCUT2D eigenvalue weighted by atomic mass is 16.5. The van der Waals surface area contributed by atoms with Crippen LogP contribution in [0.4, 0.5) is 0 Å². The van der Waals surface area contributed by atoms with Gasteiger partial charge in [0.05, 0.1) is 30.4 Å². The lowest BCUT2D eigenvalue weighted by atomic mass is 10.1. The maximum atomic E-state index is 12.4. The van der Waals surface area contributed by atoms with Crippen LogP contribution in [0.25, 0.3) is 0 Å². The smallest absolute Gasteiger partial charge is 0.255 e. The Kier molecular flexibility index (Phi) is 5.19. The normalized spacial score (nSPS) is 21.2. The summed E-state index contributed by atoms with van der Waals surface area (Å²) in [6.07, 6.45) is 5.06. The van der Waals surface area contributed by atoms with E-state index < -0.39 is 0 Å². The first-order chi connectivity index (χ1) is 11.2. The van der Waals surface area contributed by atoms with Crippen LogP contribution in [0.2, 0.25) is 0 Å². The molecule has 0 aliphatic carbocycles. The number of hydrogen-bond donors (Lipinski definition) is 1. The summed E-state index contributed by atoms with van der Waals surface area (Å²) in [7, 11) is 0. The Morgan fingerprint density at radius 1 is 1.22 bits per heavy atom. The van der Waals surface area contributed by atoms with Crippen molar-refractivity contribution >= 4 is 11.8 Å². The summed E-state index contributed by atoms with van der Waals surface area (Å²) in [6, 6.07) is 1.59. The Labute approximate surface area is 135 Å². The molecule has 7 nitrogen and oxygen atoms in total. The molecule has 1 N–H and O–H groups in total. The fraction of sp³-hybridized carbons (Fsp3) is 0.562. The van der Waals surface area contributed by atoms with Crippen molar-refractivity contribution in [2.45, 2.75) is 18.9 Å². The average molecular weight is 319 g/mol. The zero-order valence-corrected chi connectivity index (χ0v) is 13.0. The lowest BCUT2D eigenvalue weighted by Crippen LogP contribution is -2.40. The molecule has 2 aliphatic heterocycles. The fourth-order valence-electron chi connectivity index (χ4n) is 2.74. The molecule has 2 amide bonds. The van der Waals surface area contributed by atoms with E-state index in [4.69, 9.17) is 9.47 Å². The zero-order chi connectivity index (χ0) is 16.1. The van der Waals surface area contributed by atoms with Gasteiger partial charge in [-0.2, -0.15) is 0 Å². The highest BCUT2D eigenvalue weighted by Gasteiger charge is 2.21. The number of morpholine rings is 1. The van der Waals surface area contributed by atoms with Crippen molar-refractivity contribution < 1.29 is 19.1 Å². The summed E-state index contributed by atoms with van der Waals surface area (Å²) in [5.41, 5.74) is 0.818. The van der Waals surface area contributed by atoms with Crippen molar-refractivity contribution in [3.05, 3.63) is 29.6 Å². The molecule has 7 heteroatoms. The van der Waals surface area contributed by atoms with Gasteiger partial charge in [-0.15, -0.1) is 0 Å².